The van der Waals surface area contributed by atoms with E-state index in [1.807, 2.05) is 30.5 Å². The van der Waals surface area contributed by atoms with Gasteiger partial charge in [-0.05, 0) is 43.3 Å². The molecule has 1 amide bonds. The Bertz CT molecular complexity index is 1270. The first-order valence-corrected chi connectivity index (χ1v) is 9.94. The number of rotatable bonds is 4. The minimum Gasteiger partial charge on any atom is -0.454 e. The molecular weight excluding hydrogens is 407 g/mol. The fourth-order valence-electron chi connectivity index (χ4n) is 3.10. The maximum absolute atomic E-state index is 13.4. The van der Waals surface area contributed by atoms with Crippen molar-refractivity contribution in [1.29, 1.82) is 0 Å². The van der Waals surface area contributed by atoms with Crippen molar-refractivity contribution in [2.45, 2.75) is 6.92 Å². The van der Waals surface area contributed by atoms with E-state index in [1.165, 1.54) is 29.5 Å². The van der Waals surface area contributed by atoms with Gasteiger partial charge in [-0.1, -0.05) is 6.07 Å². The van der Waals surface area contributed by atoms with E-state index < -0.39 is 11.7 Å². The topological polar surface area (TPSA) is 78.3 Å². The highest BCUT2D eigenvalue weighted by atomic mass is 32.1. The van der Waals surface area contributed by atoms with Crippen LogP contribution in [0.3, 0.4) is 0 Å². The van der Waals surface area contributed by atoms with Crippen molar-refractivity contribution in [3.63, 3.8) is 0 Å². The molecule has 1 N–H and O–H groups in total. The van der Waals surface area contributed by atoms with E-state index in [4.69, 9.17) is 9.47 Å². The maximum atomic E-state index is 13.4. The van der Waals surface area contributed by atoms with Crippen LogP contribution in [0, 0.1) is 12.7 Å². The van der Waals surface area contributed by atoms with E-state index in [9.17, 15) is 9.18 Å². The molecule has 0 radical (unpaired) electrons. The van der Waals surface area contributed by atoms with Gasteiger partial charge in [0.1, 0.15) is 11.6 Å². The third kappa shape index (κ3) is 3.39. The summed E-state index contributed by atoms with van der Waals surface area (Å²) < 4.78 is 25.8. The Morgan fingerprint density at radius 1 is 1.17 bits per heavy atom. The summed E-state index contributed by atoms with van der Waals surface area (Å²) in [6.07, 6.45) is 0. The number of ether oxygens (including phenoxy) is 2. The number of carbonyl (C=O) groups excluding carboxylic acids is 1. The van der Waals surface area contributed by atoms with Gasteiger partial charge in [-0.3, -0.25) is 4.79 Å². The molecule has 0 atom stereocenters. The summed E-state index contributed by atoms with van der Waals surface area (Å²) >= 11 is 1.39. The van der Waals surface area contributed by atoms with E-state index in [2.05, 4.69) is 15.4 Å². The predicted molar refractivity (Wildman–Crippen MR) is 110 cm³/mol. The molecule has 1 aliphatic rings. The van der Waals surface area contributed by atoms with Gasteiger partial charge in [0.15, 0.2) is 11.5 Å². The van der Waals surface area contributed by atoms with Crippen LogP contribution < -0.4 is 14.8 Å². The van der Waals surface area contributed by atoms with Crippen molar-refractivity contribution in [3.8, 4) is 27.9 Å². The highest BCUT2D eigenvalue weighted by Crippen LogP contribution is 2.36. The number of anilines is 1. The molecule has 150 valence electrons. The lowest BCUT2D eigenvalue weighted by atomic mass is 10.1. The number of aromatic nitrogens is 3. The van der Waals surface area contributed by atoms with Crippen LogP contribution >= 0.6 is 11.3 Å². The molecule has 3 heterocycles. The monoisotopic (exact) mass is 422 g/mol. The van der Waals surface area contributed by atoms with Crippen molar-refractivity contribution >= 4 is 23.1 Å². The van der Waals surface area contributed by atoms with Crippen LogP contribution in [0.4, 0.5) is 10.2 Å². The third-order valence-corrected chi connectivity index (χ3v) is 5.32. The predicted octanol–water partition coefficient (Wildman–Crippen LogP) is 4.42. The normalized spacial score (nSPS) is 12.2. The van der Waals surface area contributed by atoms with Gasteiger partial charge in [0, 0.05) is 22.6 Å². The summed E-state index contributed by atoms with van der Waals surface area (Å²) in [4.78, 5) is 17.2. The number of hydrogen-bond acceptors (Lipinski definition) is 6. The van der Waals surface area contributed by atoms with E-state index in [0.717, 1.165) is 11.3 Å². The minimum atomic E-state index is -0.472. The fourth-order valence-corrected chi connectivity index (χ4v) is 3.90. The molecule has 0 fully saturated rings. The van der Waals surface area contributed by atoms with Gasteiger partial charge < -0.3 is 14.8 Å². The number of nitrogens with zero attached hydrogens (tertiary/aromatic N) is 3. The van der Waals surface area contributed by atoms with E-state index >= 15 is 0 Å². The van der Waals surface area contributed by atoms with Crippen LogP contribution in [-0.2, 0) is 0 Å². The number of nitrogens with one attached hydrogen (secondary N) is 1. The zero-order chi connectivity index (χ0) is 20.7. The van der Waals surface area contributed by atoms with Crippen molar-refractivity contribution < 1.29 is 18.7 Å². The summed E-state index contributed by atoms with van der Waals surface area (Å²) in [7, 11) is 0. The van der Waals surface area contributed by atoms with Gasteiger partial charge in [-0.15, -0.1) is 11.3 Å². The molecule has 4 aromatic rings. The molecule has 9 heteroatoms. The van der Waals surface area contributed by atoms with Gasteiger partial charge in [0.25, 0.3) is 5.91 Å². The summed E-state index contributed by atoms with van der Waals surface area (Å²) in [6, 6.07) is 12.9. The summed E-state index contributed by atoms with van der Waals surface area (Å²) in [5, 5.41) is 9.72. The molecule has 0 bridgehead atoms. The van der Waals surface area contributed by atoms with Gasteiger partial charge >= 0.3 is 0 Å². The second-order valence-electron chi connectivity index (χ2n) is 6.63. The van der Waals surface area contributed by atoms with Gasteiger partial charge in [0.2, 0.25) is 11.9 Å². The lowest BCUT2D eigenvalue weighted by molar-refractivity contribution is 0.102. The maximum Gasteiger partial charge on any atom is 0.256 e. The molecule has 7 nitrogen and oxygen atoms in total. The summed E-state index contributed by atoms with van der Waals surface area (Å²) in [5.74, 6) is 0.941. The second kappa shape index (κ2) is 7.27. The number of carbonyl (C=O) groups is 1. The standard InChI is InChI=1S/C21H15FN4O3S/c1-12-7-19(24-20(27)14-3-2-4-15(22)8-14)26(25-12)21-23-16(10-30-21)13-5-6-17-18(9-13)29-11-28-17/h2-10H,11H2,1H3,(H,24,27). The quantitative estimate of drug-likeness (QED) is 0.527. The SMILES string of the molecule is Cc1cc(NC(=O)c2cccc(F)c2)n(-c2nc(-c3ccc4c(c3)OCO4)cs2)n1. The fraction of sp³-hybridized carbons (Fsp3) is 0.0952. The van der Waals surface area contributed by atoms with E-state index in [1.54, 1.807) is 16.8 Å². The largest absolute Gasteiger partial charge is 0.454 e. The molecule has 0 saturated heterocycles. The zero-order valence-electron chi connectivity index (χ0n) is 15.8. The minimum absolute atomic E-state index is 0.210. The smallest absolute Gasteiger partial charge is 0.256 e. The summed E-state index contributed by atoms with van der Waals surface area (Å²) in [5.41, 5.74) is 2.57. The van der Waals surface area contributed by atoms with Gasteiger partial charge in [-0.2, -0.15) is 9.78 Å². The number of aryl methyl sites for hydroxylation is 1. The van der Waals surface area contributed by atoms with Crippen LogP contribution in [-0.4, -0.2) is 27.5 Å². The first kappa shape index (κ1) is 18.3. The van der Waals surface area contributed by atoms with Crippen LogP contribution in [0.2, 0.25) is 0 Å². The molecule has 5 rings (SSSR count). The van der Waals surface area contributed by atoms with Gasteiger partial charge in [0.05, 0.1) is 11.4 Å². The lowest BCUT2D eigenvalue weighted by Gasteiger charge is -2.06. The Balaban J connectivity index is 1.44. The van der Waals surface area contributed by atoms with Crippen LogP contribution in [0.1, 0.15) is 16.1 Å². The van der Waals surface area contributed by atoms with Crippen LogP contribution in [0.25, 0.3) is 16.4 Å². The molecular formula is C21H15FN4O3S. The van der Waals surface area contributed by atoms with Gasteiger partial charge in [-0.25, -0.2) is 9.37 Å². The van der Waals surface area contributed by atoms with Crippen molar-refractivity contribution in [1.82, 2.24) is 14.8 Å². The number of thiazole rings is 1. The van der Waals surface area contributed by atoms with Crippen LogP contribution in [0.5, 0.6) is 11.5 Å². The average molecular weight is 422 g/mol. The lowest BCUT2D eigenvalue weighted by Crippen LogP contribution is -2.15. The third-order valence-electron chi connectivity index (χ3n) is 4.50. The van der Waals surface area contributed by atoms with Crippen molar-refractivity contribution in [3.05, 3.63) is 71.0 Å². The molecule has 2 aromatic heterocycles. The van der Waals surface area contributed by atoms with E-state index in [0.29, 0.717) is 28.1 Å². The Kier molecular flexibility index (Phi) is 4.44. The molecule has 2 aromatic carbocycles. The summed E-state index contributed by atoms with van der Waals surface area (Å²) in [6.45, 7) is 2.03. The van der Waals surface area contributed by atoms with E-state index in [-0.39, 0.29) is 12.4 Å². The zero-order valence-corrected chi connectivity index (χ0v) is 16.6. The number of hydrogen-bond donors (Lipinski definition) is 1. The molecule has 30 heavy (non-hydrogen) atoms. The van der Waals surface area contributed by atoms with Crippen molar-refractivity contribution in [2.24, 2.45) is 0 Å². The Morgan fingerprint density at radius 3 is 2.90 bits per heavy atom. The molecule has 0 saturated carbocycles. The first-order valence-electron chi connectivity index (χ1n) is 9.06. The number of amides is 1. The second-order valence-corrected chi connectivity index (χ2v) is 7.47. The Hall–Kier alpha value is -3.72. The molecule has 0 aliphatic carbocycles. The Labute approximate surface area is 174 Å². The van der Waals surface area contributed by atoms with Crippen LogP contribution in [0.15, 0.2) is 53.9 Å². The molecule has 0 unspecified atom stereocenters. The number of fused-ring (bicyclic) bond motifs is 1. The number of benzene rings is 2. The first-order chi connectivity index (χ1) is 14.6. The Morgan fingerprint density at radius 2 is 2.03 bits per heavy atom. The highest BCUT2D eigenvalue weighted by molar-refractivity contribution is 7.12. The molecule has 0 spiro atoms. The van der Waals surface area contributed by atoms with Crippen molar-refractivity contribution in [2.75, 3.05) is 12.1 Å². The number of halogens is 1. The highest BCUT2D eigenvalue weighted by Gasteiger charge is 2.18. The average Bonchev–Trinajstić information content (AvgIpc) is 3.46. The molecule has 1 aliphatic heterocycles.